The second-order valence-electron chi connectivity index (χ2n) is 5.52. The van der Waals surface area contributed by atoms with E-state index >= 15 is 0 Å². The maximum atomic E-state index is 11.5. The Morgan fingerprint density at radius 1 is 1.00 bits per heavy atom. The van der Waals surface area contributed by atoms with Crippen LogP contribution in [-0.2, 0) is 24.2 Å². The van der Waals surface area contributed by atoms with Gasteiger partial charge in [-0.05, 0) is 30.8 Å². The van der Waals surface area contributed by atoms with E-state index in [4.69, 9.17) is 25.0 Å². The maximum absolute atomic E-state index is 11.5. The van der Waals surface area contributed by atoms with Crippen LogP contribution in [-0.4, -0.2) is 70.3 Å². The van der Waals surface area contributed by atoms with Gasteiger partial charge in [0.15, 0.2) is 0 Å². The van der Waals surface area contributed by atoms with Crippen molar-refractivity contribution in [2.24, 2.45) is 0 Å². The minimum absolute atomic E-state index is 0.300. The molecule has 0 saturated carbocycles. The van der Waals surface area contributed by atoms with Crippen molar-refractivity contribution >= 4 is 26.3 Å². The zero-order chi connectivity index (χ0) is 19.0. The zero-order valence-electron chi connectivity index (χ0n) is 14.9. The normalized spacial score (nSPS) is 17.3. The van der Waals surface area contributed by atoms with Gasteiger partial charge < -0.3 is 25.6 Å². The fourth-order valence-electron chi connectivity index (χ4n) is 2.43. The Morgan fingerprint density at radius 3 is 1.92 bits per heavy atom. The molecule has 1 aromatic carbocycles. The third kappa shape index (κ3) is 10.7. The van der Waals surface area contributed by atoms with Gasteiger partial charge >= 0.3 is 39.2 Å². The van der Waals surface area contributed by atoms with Crippen LogP contribution in [0.1, 0.15) is 15.9 Å². The number of methoxy groups -OCH3 is 1. The molecule has 0 aromatic heterocycles. The van der Waals surface area contributed by atoms with E-state index < -0.39 is 0 Å². The average molecular weight is 447 g/mol. The fourth-order valence-corrected chi connectivity index (χ4v) is 2.43. The Kier molecular flexibility index (Phi) is 14.2. The van der Waals surface area contributed by atoms with Gasteiger partial charge in [-0.3, -0.25) is 0 Å². The van der Waals surface area contributed by atoms with Crippen molar-refractivity contribution in [1.82, 2.24) is 4.90 Å². The summed E-state index contributed by atoms with van der Waals surface area (Å²) in [6, 6.07) is 7.59. The molecule has 1 heterocycles. The SMILES string of the molecule is COC(=O)c1ccc(CN2CC[N-]CC[N-]CC[N-]CC2)cc1.[Cl][Co][Cl]. The summed E-state index contributed by atoms with van der Waals surface area (Å²) in [7, 11) is 10.9. The first kappa shape index (κ1) is 23.7. The van der Waals surface area contributed by atoms with Crippen LogP contribution in [0.2, 0.25) is 0 Å². The zero-order valence-corrected chi connectivity index (χ0v) is 17.4. The third-order valence-corrected chi connectivity index (χ3v) is 3.76. The summed E-state index contributed by atoms with van der Waals surface area (Å²) in [5.41, 5.74) is 1.76. The first-order valence-corrected chi connectivity index (χ1v) is 11.2. The first-order chi connectivity index (χ1) is 12.7. The Bertz CT molecular complexity index is 482. The van der Waals surface area contributed by atoms with Crippen molar-refractivity contribution in [2.45, 2.75) is 6.54 Å². The quantitative estimate of drug-likeness (QED) is 0.663. The number of carbonyl (C=O) groups is 1. The summed E-state index contributed by atoms with van der Waals surface area (Å²) >= 11 is 0.382. The van der Waals surface area contributed by atoms with E-state index in [0.29, 0.717) is 18.5 Å². The van der Waals surface area contributed by atoms with E-state index in [0.717, 1.165) is 58.9 Å². The minimum atomic E-state index is -0.300. The molecule has 0 aliphatic carbocycles. The number of ether oxygens (including phenoxy) is 1. The molecule has 0 bridgehead atoms. The summed E-state index contributed by atoms with van der Waals surface area (Å²) in [5.74, 6) is -0.300. The Hall–Kier alpha value is -0.384. The molecule has 0 N–H and O–H groups in total. The molecule has 1 saturated heterocycles. The Morgan fingerprint density at radius 2 is 1.46 bits per heavy atom. The fraction of sp³-hybridized carbons (Fsp3) is 0.588. The molecule has 0 atom stereocenters. The molecule has 1 aliphatic heterocycles. The predicted molar refractivity (Wildman–Crippen MR) is 104 cm³/mol. The van der Waals surface area contributed by atoms with Gasteiger partial charge in [-0.15, -0.1) is 13.1 Å². The Balaban J connectivity index is 0.00000105. The number of hydrogen-bond donors (Lipinski definition) is 0. The summed E-state index contributed by atoms with van der Waals surface area (Å²) in [6.07, 6.45) is 0. The number of nitrogens with zero attached hydrogens (tertiary/aromatic N) is 4. The monoisotopic (exact) mass is 446 g/mol. The molecule has 151 valence electrons. The van der Waals surface area contributed by atoms with Crippen molar-refractivity contribution in [1.29, 1.82) is 0 Å². The second-order valence-corrected chi connectivity index (χ2v) is 7.24. The van der Waals surface area contributed by atoms with Crippen molar-refractivity contribution in [3.63, 3.8) is 0 Å². The molecule has 6 nitrogen and oxygen atoms in total. The van der Waals surface area contributed by atoms with E-state index in [1.165, 1.54) is 12.7 Å². The number of halogens is 2. The van der Waals surface area contributed by atoms with Crippen LogP contribution in [0, 0.1) is 0 Å². The second kappa shape index (κ2) is 15.7. The molecule has 0 radical (unpaired) electrons. The van der Waals surface area contributed by atoms with Gasteiger partial charge in [0, 0.05) is 6.54 Å². The molecule has 0 amide bonds. The van der Waals surface area contributed by atoms with Crippen LogP contribution in [0.15, 0.2) is 24.3 Å². The molecule has 1 aliphatic rings. The first-order valence-electron chi connectivity index (χ1n) is 8.34. The summed E-state index contributed by atoms with van der Waals surface area (Å²) < 4.78 is 4.72. The predicted octanol–water partition coefficient (Wildman–Crippen LogP) is 3.79. The number of rotatable bonds is 3. The van der Waals surface area contributed by atoms with Crippen LogP contribution in [0.4, 0.5) is 0 Å². The van der Waals surface area contributed by atoms with E-state index in [1.807, 2.05) is 24.3 Å². The van der Waals surface area contributed by atoms with Crippen LogP contribution < -0.4 is 0 Å². The van der Waals surface area contributed by atoms with Crippen LogP contribution in [0.3, 0.4) is 0 Å². The summed E-state index contributed by atoms with van der Waals surface area (Å²) in [6.45, 7) is 7.59. The average Bonchev–Trinajstić information content (AvgIpc) is 2.64. The van der Waals surface area contributed by atoms with Gasteiger partial charge in [0.1, 0.15) is 0 Å². The van der Waals surface area contributed by atoms with Gasteiger partial charge in [0.2, 0.25) is 0 Å². The molecule has 9 heteroatoms. The van der Waals surface area contributed by atoms with Crippen LogP contribution in [0.25, 0.3) is 16.0 Å². The number of carbonyl (C=O) groups excluding carboxylic acids is 1. The van der Waals surface area contributed by atoms with E-state index in [-0.39, 0.29) is 5.97 Å². The van der Waals surface area contributed by atoms with Crippen molar-refractivity contribution < 1.29 is 22.4 Å². The number of esters is 1. The molecule has 1 fully saturated rings. The molecule has 1 aromatic rings. The third-order valence-electron chi connectivity index (χ3n) is 3.76. The van der Waals surface area contributed by atoms with Gasteiger partial charge in [0.05, 0.1) is 12.7 Å². The van der Waals surface area contributed by atoms with Gasteiger partial charge in [0.25, 0.3) is 0 Å². The summed E-state index contributed by atoms with van der Waals surface area (Å²) in [4.78, 5) is 13.8. The molecule has 0 unspecified atom stereocenters. The number of benzene rings is 1. The molecule has 0 spiro atoms. The molecule has 2 rings (SSSR count). The standard InChI is InChI=1S/C17H25N4O2.2ClH.Co/c1-23-17(22)16-4-2-15(3-5-16)14-21-12-10-19-8-6-18-7-9-20-11-13-21;;;/h2-5H,6-14H2,1H3;2*1H;/q-3;;;+2/p-2. The molecule has 26 heavy (non-hydrogen) atoms. The molecular formula is C17H25Cl2CoN4O2-3. The van der Waals surface area contributed by atoms with Gasteiger partial charge in [-0.1, -0.05) is 12.1 Å². The van der Waals surface area contributed by atoms with E-state index in [2.05, 4.69) is 20.9 Å². The van der Waals surface area contributed by atoms with Crippen molar-refractivity contribution in [2.75, 3.05) is 59.5 Å². The Labute approximate surface area is 170 Å². The molecular weight excluding hydrogens is 422 g/mol. The van der Waals surface area contributed by atoms with Gasteiger partial charge in [-0.25, -0.2) is 4.79 Å². The number of hydrogen-bond acceptors (Lipinski definition) is 3. The summed E-state index contributed by atoms with van der Waals surface area (Å²) in [5, 5.41) is 13.4. The van der Waals surface area contributed by atoms with Crippen molar-refractivity contribution in [3.05, 3.63) is 51.3 Å². The van der Waals surface area contributed by atoms with E-state index in [1.54, 1.807) is 0 Å². The van der Waals surface area contributed by atoms with Crippen molar-refractivity contribution in [3.8, 4) is 0 Å². The van der Waals surface area contributed by atoms with Crippen LogP contribution in [0.5, 0.6) is 0 Å². The van der Waals surface area contributed by atoms with Crippen LogP contribution >= 0.6 is 20.3 Å². The van der Waals surface area contributed by atoms with E-state index in [9.17, 15) is 4.79 Å². The topological polar surface area (TPSA) is 71.8 Å². The van der Waals surface area contributed by atoms with Gasteiger partial charge in [-0.2, -0.15) is 26.2 Å².